The fourth-order valence-corrected chi connectivity index (χ4v) is 4.10. The highest BCUT2D eigenvalue weighted by Gasteiger charge is 2.44. The van der Waals surface area contributed by atoms with Crippen LogP contribution < -0.4 is 4.74 Å². The monoisotopic (exact) mass is 426 g/mol. The highest BCUT2D eigenvalue weighted by Crippen LogP contribution is 2.40. The molecular weight excluding hydrogens is 400 g/mol. The van der Waals surface area contributed by atoms with Crippen LogP contribution in [0.1, 0.15) is 28.6 Å². The first-order valence-corrected chi connectivity index (χ1v) is 10.4. The zero-order chi connectivity index (χ0) is 21.8. The summed E-state index contributed by atoms with van der Waals surface area (Å²) in [4.78, 5) is 29.9. The number of Topliss-reactive ketones (excluding diaryl/α,β-unsaturated/α-hetero) is 1. The number of methoxy groups -OCH3 is 1. The molecule has 4 rings (SSSR count). The Morgan fingerprint density at radius 3 is 2.71 bits per heavy atom. The van der Waals surface area contributed by atoms with E-state index in [1.54, 1.807) is 36.3 Å². The van der Waals surface area contributed by atoms with Crippen LogP contribution in [0, 0.1) is 0 Å². The maximum Gasteiger partial charge on any atom is 0.290 e. The zero-order valence-corrected chi connectivity index (χ0v) is 17.5. The summed E-state index contributed by atoms with van der Waals surface area (Å²) in [6, 6.07) is 9.60. The molecule has 0 aliphatic carbocycles. The molecular formula is C23H26N2O6. The summed E-state index contributed by atoms with van der Waals surface area (Å²) in [5.74, 6) is -0.892. The maximum absolute atomic E-state index is 13.1. The Bertz CT molecular complexity index is 962. The Morgan fingerprint density at radius 2 is 2.00 bits per heavy atom. The van der Waals surface area contributed by atoms with Crippen molar-refractivity contribution >= 4 is 11.7 Å². The van der Waals surface area contributed by atoms with Gasteiger partial charge < -0.3 is 23.9 Å². The van der Waals surface area contributed by atoms with Gasteiger partial charge in [-0.25, -0.2) is 0 Å². The molecule has 31 heavy (non-hydrogen) atoms. The van der Waals surface area contributed by atoms with Gasteiger partial charge in [0.1, 0.15) is 5.75 Å². The van der Waals surface area contributed by atoms with Crippen LogP contribution in [0.5, 0.6) is 5.75 Å². The van der Waals surface area contributed by atoms with Gasteiger partial charge in [-0.3, -0.25) is 14.5 Å². The fraction of sp³-hybridized carbons (Fsp3) is 0.391. The Balaban J connectivity index is 1.61. The summed E-state index contributed by atoms with van der Waals surface area (Å²) >= 11 is 0. The van der Waals surface area contributed by atoms with Crippen molar-refractivity contribution in [2.75, 3.05) is 46.5 Å². The van der Waals surface area contributed by atoms with Crippen molar-refractivity contribution in [3.63, 3.8) is 0 Å². The van der Waals surface area contributed by atoms with Gasteiger partial charge in [0.25, 0.3) is 5.91 Å². The number of carbonyl (C=O) groups is 2. The first kappa shape index (κ1) is 21.1. The number of ketones is 1. The van der Waals surface area contributed by atoms with Gasteiger partial charge in [0.2, 0.25) is 5.78 Å². The maximum atomic E-state index is 13.1. The van der Waals surface area contributed by atoms with Crippen LogP contribution in [0.15, 0.2) is 58.4 Å². The molecule has 2 aliphatic rings. The third kappa shape index (κ3) is 4.35. The van der Waals surface area contributed by atoms with Crippen LogP contribution >= 0.6 is 0 Å². The molecule has 0 radical (unpaired) electrons. The molecule has 1 atom stereocenters. The van der Waals surface area contributed by atoms with Gasteiger partial charge in [0, 0.05) is 26.2 Å². The molecule has 8 heteroatoms. The van der Waals surface area contributed by atoms with E-state index in [1.165, 1.54) is 12.3 Å². The van der Waals surface area contributed by atoms with Crippen molar-refractivity contribution in [2.45, 2.75) is 12.5 Å². The molecule has 2 aliphatic heterocycles. The molecule has 1 N–H and O–H groups in total. The number of nitrogens with zero attached hydrogens (tertiary/aromatic N) is 2. The van der Waals surface area contributed by atoms with Gasteiger partial charge in [-0.15, -0.1) is 0 Å². The van der Waals surface area contributed by atoms with Crippen LogP contribution in [0.25, 0.3) is 0 Å². The van der Waals surface area contributed by atoms with E-state index < -0.39 is 23.5 Å². The van der Waals surface area contributed by atoms with Crippen molar-refractivity contribution in [3.05, 3.63) is 65.3 Å². The van der Waals surface area contributed by atoms with E-state index in [0.717, 1.165) is 19.6 Å². The molecule has 164 valence electrons. The second-order valence-electron chi connectivity index (χ2n) is 7.55. The van der Waals surface area contributed by atoms with E-state index in [4.69, 9.17) is 13.9 Å². The third-order valence-corrected chi connectivity index (χ3v) is 5.68. The van der Waals surface area contributed by atoms with Crippen molar-refractivity contribution in [1.29, 1.82) is 0 Å². The Kier molecular flexibility index (Phi) is 6.39. The quantitative estimate of drug-likeness (QED) is 0.649. The van der Waals surface area contributed by atoms with Crippen LogP contribution in [0.3, 0.4) is 0 Å². The first-order chi connectivity index (χ1) is 15.1. The lowest BCUT2D eigenvalue weighted by Crippen LogP contribution is -2.39. The lowest BCUT2D eigenvalue weighted by molar-refractivity contribution is -0.129. The predicted molar refractivity (Wildman–Crippen MR) is 112 cm³/mol. The van der Waals surface area contributed by atoms with E-state index >= 15 is 0 Å². The molecule has 1 aromatic heterocycles. The number of aliphatic hydroxyl groups is 1. The van der Waals surface area contributed by atoms with Crippen LogP contribution in [-0.4, -0.2) is 73.1 Å². The minimum atomic E-state index is -0.718. The van der Waals surface area contributed by atoms with Crippen molar-refractivity contribution < 1.29 is 28.6 Å². The topological polar surface area (TPSA) is 92.5 Å². The average Bonchev–Trinajstić information content (AvgIpc) is 3.43. The number of aliphatic hydroxyl groups excluding tert-OH is 1. The molecule has 3 heterocycles. The van der Waals surface area contributed by atoms with E-state index in [2.05, 4.69) is 4.90 Å². The van der Waals surface area contributed by atoms with Gasteiger partial charge in [-0.2, -0.15) is 0 Å². The minimum Gasteiger partial charge on any atom is -0.503 e. The van der Waals surface area contributed by atoms with Crippen LogP contribution in [0.4, 0.5) is 0 Å². The number of hydrogen-bond donors (Lipinski definition) is 1. The molecule has 0 bridgehead atoms. The third-order valence-electron chi connectivity index (χ3n) is 5.68. The van der Waals surface area contributed by atoms with Crippen molar-refractivity contribution in [1.82, 2.24) is 9.80 Å². The molecule has 2 aromatic rings. The van der Waals surface area contributed by atoms with Gasteiger partial charge in [-0.05, 0) is 36.2 Å². The van der Waals surface area contributed by atoms with E-state index in [9.17, 15) is 14.7 Å². The number of furan rings is 1. The number of morpholine rings is 1. The van der Waals surface area contributed by atoms with E-state index in [-0.39, 0.29) is 11.3 Å². The van der Waals surface area contributed by atoms with E-state index in [0.29, 0.717) is 37.5 Å². The molecule has 1 fully saturated rings. The Hall–Kier alpha value is -3.10. The molecule has 1 amide bonds. The molecule has 1 saturated heterocycles. The largest absolute Gasteiger partial charge is 0.503 e. The molecule has 1 aromatic carbocycles. The standard InChI is InChI=1S/C23H26N2O6/c1-29-17-6-2-5-16(15-17)20-19(21(26)18-7-3-12-31-18)22(27)23(28)25(20)9-4-8-24-10-13-30-14-11-24/h2-3,5-7,12,15,20,27H,4,8-11,13-14H2,1H3/t20-/m1/s1. The number of benzene rings is 1. The van der Waals surface area contributed by atoms with Crippen molar-refractivity contribution in [2.24, 2.45) is 0 Å². The SMILES string of the molecule is COc1cccc([C@@H]2C(C(=O)c3ccco3)=C(O)C(=O)N2CCCN2CCOCC2)c1. The lowest BCUT2D eigenvalue weighted by Gasteiger charge is -2.30. The number of ether oxygens (including phenoxy) is 2. The van der Waals surface area contributed by atoms with Gasteiger partial charge in [-0.1, -0.05) is 12.1 Å². The van der Waals surface area contributed by atoms with Crippen LogP contribution in [0.2, 0.25) is 0 Å². The highest BCUT2D eigenvalue weighted by atomic mass is 16.5. The summed E-state index contributed by atoms with van der Waals surface area (Å²) in [5, 5.41) is 10.7. The average molecular weight is 426 g/mol. The summed E-state index contributed by atoms with van der Waals surface area (Å²) < 4.78 is 16.0. The highest BCUT2D eigenvalue weighted by molar-refractivity contribution is 6.15. The lowest BCUT2D eigenvalue weighted by atomic mass is 9.95. The van der Waals surface area contributed by atoms with Gasteiger partial charge >= 0.3 is 0 Å². The predicted octanol–water partition coefficient (Wildman–Crippen LogP) is 2.59. The molecule has 0 spiro atoms. The van der Waals surface area contributed by atoms with Crippen molar-refractivity contribution in [3.8, 4) is 5.75 Å². The number of rotatable bonds is 8. The Morgan fingerprint density at radius 1 is 1.19 bits per heavy atom. The van der Waals surface area contributed by atoms with Gasteiger partial charge in [0.15, 0.2) is 11.5 Å². The summed E-state index contributed by atoms with van der Waals surface area (Å²) in [7, 11) is 1.56. The molecule has 0 saturated carbocycles. The second-order valence-corrected chi connectivity index (χ2v) is 7.55. The van der Waals surface area contributed by atoms with Gasteiger partial charge in [0.05, 0.1) is 38.2 Å². The summed E-state index contributed by atoms with van der Waals surface area (Å²) in [6.45, 7) is 4.34. The zero-order valence-electron chi connectivity index (χ0n) is 17.5. The van der Waals surface area contributed by atoms with Crippen LogP contribution in [-0.2, 0) is 9.53 Å². The number of hydrogen-bond acceptors (Lipinski definition) is 7. The first-order valence-electron chi connectivity index (χ1n) is 10.4. The fourth-order valence-electron chi connectivity index (χ4n) is 4.10. The minimum absolute atomic E-state index is 0.0274. The number of amides is 1. The number of carbonyl (C=O) groups excluding carboxylic acids is 2. The summed E-state index contributed by atoms with van der Waals surface area (Å²) in [6.07, 6.45) is 2.10. The normalized spacial score (nSPS) is 19.8. The second kappa shape index (κ2) is 9.36. The molecule has 8 nitrogen and oxygen atoms in total. The Labute approximate surface area is 180 Å². The summed E-state index contributed by atoms with van der Waals surface area (Å²) in [5.41, 5.74) is 0.720. The smallest absolute Gasteiger partial charge is 0.290 e. The van der Waals surface area contributed by atoms with E-state index in [1.807, 2.05) is 6.07 Å². The molecule has 0 unspecified atom stereocenters.